The summed E-state index contributed by atoms with van der Waals surface area (Å²) >= 11 is 0. The Kier molecular flexibility index (Phi) is 4.30. The zero-order chi connectivity index (χ0) is 26.2. The number of imidazole rings is 1. The zero-order valence-corrected chi connectivity index (χ0v) is 21.5. The summed E-state index contributed by atoms with van der Waals surface area (Å²) in [6, 6.07) is 43.0. The first-order valence-electron chi connectivity index (χ1n) is 13.5. The average Bonchev–Trinajstić information content (AvgIpc) is 3.58. The maximum atomic E-state index is 5.14. The first kappa shape index (κ1) is 21.5. The highest BCUT2D eigenvalue weighted by Gasteiger charge is 2.20. The van der Waals surface area contributed by atoms with E-state index in [0.29, 0.717) is 0 Å². The molecule has 0 aliphatic heterocycles. The molecule has 4 aromatic heterocycles. The monoisotopic (exact) mass is 510 g/mol. The van der Waals surface area contributed by atoms with Crippen molar-refractivity contribution in [2.24, 2.45) is 0 Å². The van der Waals surface area contributed by atoms with Gasteiger partial charge in [0.2, 0.25) is 0 Å². The van der Waals surface area contributed by atoms with E-state index in [2.05, 4.69) is 129 Å². The fourth-order valence-corrected chi connectivity index (χ4v) is 6.47. The van der Waals surface area contributed by atoms with E-state index >= 15 is 0 Å². The van der Waals surface area contributed by atoms with E-state index in [1.807, 2.05) is 18.5 Å². The lowest BCUT2D eigenvalue weighted by molar-refractivity contribution is 1.14. The summed E-state index contributed by atoms with van der Waals surface area (Å²) in [6.45, 7) is 0. The average molecular weight is 511 g/mol. The highest BCUT2D eigenvalue weighted by molar-refractivity contribution is 6.30. The first-order valence-corrected chi connectivity index (χ1v) is 13.5. The SMILES string of the molecule is c1ccc(-c2cncc(-n3c4ccccc4c4c5c6ccccc6n6c7ccccc7nc6c5ccc43)c2)cc1. The topological polar surface area (TPSA) is 35.1 Å². The molecule has 0 amide bonds. The number of pyridine rings is 2. The summed E-state index contributed by atoms with van der Waals surface area (Å²) in [5, 5.41) is 6.07. The van der Waals surface area contributed by atoms with E-state index in [-0.39, 0.29) is 0 Å². The minimum absolute atomic E-state index is 0.987. The lowest BCUT2D eigenvalue weighted by atomic mass is 10.00. The van der Waals surface area contributed by atoms with E-state index in [4.69, 9.17) is 4.98 Å². The Hall–Kier alpha value is -5.48. The first-order chi connectivity index (χ1) is 19.9. The highest BCUT2D eigenvalue weighted by Crippen LogP contribution is 2.42. The number of aromatic nitrogens is 4. The van der Waals surface area contributed by atoms with Crippen molar-refractivity contribution in [2.75, 3.05) is 0 Å². The van der Waals surface area contributed by atoms with Gasteiger partial charge in [-0.3, -0.25) is 9.38 Å². The van der Waals surface area contributed by atoms with Gasteiger partial charge in [0.15, 0.2) is 0 Å². The lowest BCUT2D eigenvalue weighted by Gasteiger charge is -2.12. The third-order valence-corrected chi connectivity index (χ3v) is 8.14. The van der Waals surface area contributed by atoms with E-state index in [1.165, 1.54) is 21.5 Å². The molecular formula is C36H22N4. The molecule has 9 rings (SSSR count). The number of benzene rings is 5. The van der Waals surface area contributed by atoms with Gasteiger partial charge in [-0.25, -0.2) is 4.98 Å². The second-order valence-corrected chi connectivity index (χ2v) is 10.3. The molecule has 0 unspecified atom stereocenters. The second-order valence-electron chi connectivity index (χ2n) is 10.3. The number of nitrogens with zero attached hydrogens (tertiary/aromatic N) is 4. The molecule has 0 fully saturated rings. The van der Waals surface area contributed by atoms with Crippen molar-refractivity contribution in [3.05, 3.63) is 134 Å². The summed E-state index contributed by atoms with van der Waals surface area (Å²) in [4.78, 5) is 9.81. The van der Waals surface area contributed by atoms with Crippen molar-refractivity contribution in [3.63, 3.8) is 0 Å². The van der Waals surface area contributed by atoms with E-state index in [0.717, 1.165) is 55.4 Å². The summed E-state index contributed by atoms with van der Waals surface area (Å²) in [7, 11) is 0. The maximum absolute atomic E-state index is 5.14. The lowest BCUT2D eigenvalue weighted by Crippen LogP contribution is -1.96. The second kappa shape index (κ2) is 8.01. The molecule has 0 saturated heterocycles. The molecule has 4 heterocycles. The molecule has 0 N–H and O–H groups in total. The third-order valence-electron chi connectivity index (χ3n) is 8.14. The van der Waals surface area contributed by atoms with Crippen LogP contribution in [0.3, 0.4) is 0 Å². The Bertz CT molecular complexity index is 2430. The van der Waals surface area contributed by atoms with Gasteiger partial charge in [0, 0.05) is 38.7 Å². The van der Waals surface area contributed by atoms with Crippen molar-refractivity contribution in [3.8, 4) is 16.8 Å². The molecule has 40 heavy (non-hydrogen) atoms. The maximum Gasteiger partial charge on any atom is 0.146 e. The zero-order valence-electron chi connectivity index (χ0n) is 21.5. The fourth-order valence-electron chi connectivity index (χ4n) is 6.47. The van der Waals surface area contributed by atoms with Crippen LogP contribution in [0, 0.1) is 0 Å². The van der Waals surface area contributed by atoms with E-state index in [9.17, 15) is 0 Å². The van der Waals surface area contributed by atoms with Crippen LogP contribution in [0.4, 0.5) is 0 Å². The largest absolute Gasteiger partial charge is 0.308 e. The molecule has 5 aromatic carbocycles. The summed E-state index contributed by atoms with van der Waals surface area (Å²) < 4.78 is 4.66. The Morgan fingerprint density at radius 1 is 0.475 bits per heavy atom. The van der Waals surface area contributed by atoms with E-state index < -0.39 is 0 Å². The van der Waals surface area contributed by atoms with Gasteiger partial charge in [-0.05, 0) is 48.0 Å². The van der Waals surface area contributed by atoms with Crippen LogP contribution in [0.15, 0.2) is 134 Å². The van der Waals surface area contributed by atoms with Crippen LogP contribution in [-0.2, 0) is 0 Å². The fraction of sp³-hybridized carbons (Fsp3) is 0. The minimum Gasteiger partial charge on any atom is -0.308 e. The summed E-state index contributed by atoms with van der Waals surface area (Å²) in [5.74, 6) is 0. The molecule has 0 atom stereocenters. The summed E-state index contributed by atoms with van der Waals surface area (Å²) in [5.41, 5.74) is 9.90. The van der Waals surface area contributed by atoms with Crippen LogP contribution in [0.5, 0.6) is 0 Å². The molecule has 0 bridgehead atoms. The molecule has 4 heteroatoms. The molecular weight excluding hydrogens is 488 g/mol. The predicted octanol–water partition coefficient (Wildman–Crippen LogP) is 8.95. The molecule has 186 valence electrons. The van der Waals surface area contributed by atoms with Crippen LogP contribution in [0.1, 0.15) is 0 Å². The summed E-state index contributed by atoms with van der Waals surface area (Å²) in [6.07, 6.45) is 3.90. The van der Waals surface area contributed by atoms with Crippen molar-refractivity contribution in [2.45, 2.75) is 0 Å². The van der Waals surface area contributed by atoms with Gasteiger partial charge in [0.05, 0.1) is 39.5 Å². The Morgan fingerprint density at radius 3 is 2.02 bits per heavy atom. The Morgan fingerprint density at radius 2 is 1.18 bits per heavy atom. The number of rotatable bonds is 2. The van der Waals surface area contributed by atoms with Gasteiger partial charge in [0.25, 0.3) is 0 Å². The number of para-hydroxylation sites is 4. The Balaban J connectivity index is 1.47. The quantitative estimate of drug-likeness (QED) is 0.218. The molecule has 0 spiro atoms. The standard InChI is InChI=1S/C36H22N4/c1-2-10-23(11-3-1)24-20-25(22-37-21-24)39-30-15-7-5-13-27(30)35-33(39)19-18-28-34(35)26-12-4-8-16-31(26)40-32-17-9-6-14-29(32)38-36(28)40/h1-22H. The number of hydrogen-bond donors (Lipinski definition) is 0. The van der Waals surface area contributed by atoms with Gasteiger partial charge in [-0.2, -0.15) is 0 Å². The van der Waals surface area contributed by atoms with Crippen molar-refractivity contribution >= 4 is 60.2 Å². The molecule has 0 aliphatic rings. The predicted molar refractivity (Wildman–Crippen MR) is 165 cm³/mol. The molecule has 9 aromatic rings. The molecule has 0 radical (unpaired) electrons. The van der Waals surface area contributed by atoms with Crippen molar-refractivity contribution in [1.82, 2.24) is 18.9 Å². The van der Waals surface area contributed by atoms with Crippen LogP contribution in [0.2, 0.25) is 0 Å². The number of hydrogen-bond acceptors (Lipinski definition) is 2. The van der Waals surface area contributed by atoms with Crippen LogP contribution < -0.4 is 0 Å². The van der Waals surface area contributed by atoms with Gasteiger partial charge in [-0.15, -0.1) is 0 Å². The van der Waals surface area contributed by atoms with Gasteiger partial charge >= 0.3 is 0 Å². The molecule has 0 aliphatic carbocycles. The van der Waals surface area contributed by atoms with Crippen LogP contribution >= 0.6 is 0 Å². The van der Waals surface area contributed by atoms with Crippen LogP contribution in [-0.4, -0.2) is 18.9 Å². The molecule has 0 saturated carbocycles. The van der Waals surface area contributed by atoms with Crippen LogP contribution in [0.25, 0.3) is 77.0 Å². The normalized spacial score (nSPS) is 12.0. The van der Waals surface area contributed by atoms with Gasteiger partial charge in [0.1, 0.15) is 5.65 Å². The third kappa shape index (κ3) is 2.85. The minimum atomic E-state index is 0.987. The highest BCUT2D eigenvalue weighted by atomic mass is 15.0. The van der Waals surface area contributed by atoms with Gasteiger partial charge in [-0.1, -0.05) is 78.9 Å². The molecule has 4 nitrogen and oxygen atoms in total. The Labute approximate surface area is 229 Å². The van der Waals surface area contributed by atoms with Crippen molar-refractivity contribution < 1.29 is 0 Å². The number of fused-ring (bicyclic) bond motifs is 12. The van der Waals surface area contributed by atoms with Gasteiger partial charge < -0.3 is 4.57 Å². The smallest absolute Gasteiger partial charge is 0.146 e. The van der Waals surface area contributed by atoms with E-state index in [1.54, 1.807) is 0 Å². The van der Waals surface area contributed by atoms with Crippen molar-refractivity contribution in [1.29, 1.82) is 0 Å².